The number of nitrogens with two attached hydrogens (primary N) is 1. The molecule has 4 heteroatoms. The lowest BCUT2D eigenvalue weighted by atomic mass is 10.0. The molecule has 122 valence electrons. The van der Waals surface area contributed by atoms with Gasteiger partial charge in [0.2, 0.25) is 0 Å². The summed E-state index contributed by atoms with van der Waals surface area (Å²) >= 11 is 0. The summed E-state index contributed by atoms with van der Waals surface area (Å²) in [6.07, 6.45) is 1.57. The second-order valence-electron chi connectivity index (χ2n) is 5.69. The van der Waals surface area contributed by atoms with Crippen LogP contribution in [0.3, 0.4) is 0 Å². The first kappa shape index (κ1) is 16.9. The fourth-order valence-corrected chi connectivity index (χ4v) is 2.45. The second-order valence-corrected chi connectivity index (χ2v) is 5.69. The molecule has 23 heavy (non-hydrogen) atoms. The molecule has 0 heterocycles. The maximum atomic E-state index is 11.0. The highest BCUT2D eigenvalue weighted by molar-refractivity contribution is 5.72. The summed E-state index contributed by atoms with van der Waals surface area (Å²) in [5, 5.41) is 2.77. The second kappa shape index (κ2) is 8.22. The van der Waals surface area contributed by atoms with Crippen LogP contribution in [0.4, 0.5) is 4.79 Å². The minimum atomic E-state index is -0.482. The Morgan fingerprint density at radius 1 is 1.17 bits per heavy atom. The molecular formula is C19H24N2O2. The van der Waals surface area contributed by atoms with E-state index >= 15 is 0 Å². The van der Waals surface area contributed by atoms with Crippen molar-refractivity contribution in [1.82, 2.24) is 5.32 Å². The van der Waals surface area contributed by atoms with Crippen molar-refractivity contribution in [3.05, 3.63) is 65.2 Å². The van der Waals surface area contributed by atoms with Crippen LogP contribution >= 0.6 is 0 Å². The van der Waals surface area contributed by atoms with E-state index in [9.17, 15) is 4.79 Å². The molecule has 0 aliphatic heterocycles. The molecule has 0 saturated heterocycles. The van der Waals surface area contributed by atoms with E-state index in [1.165, 1.54) is 0 Å². The van der Waals surface area contributed by atoms with Gasteiger partial charge in [0.05, 0.1) is 0 Å². The van der Waals surface area contributed by atoms with E-state index in [1.807, 2.05) is 56.3 Å². The molecule has 0 fully saturated rings. The van der Waals surface area contributed by atoms with Crippen LogP contribution in [0.5, 0.6) is 5.75 Å². The van der Waals surface area contributed by atoms with Gasteiger partial charge in [0.1, 0.15) is 12.4 Å². The Balaban J connectivity index is 2.04. The minimum Gasteiger partial charge on any atom is -0.489 e. The molecule has 0 saturated carbocycles. The Kier molecular flexibility index (Phi) is 6.03. The fourth-order valence-electron chi connectivity index (χ4n) is 2.45. The zero-order valence-corrected chi connectivity index (χ0v) is 13.7. The SMILES string of the molecule is CCC(Cc1ccc(C)c(OCc2ccccc2)c1)NC(N)=O. The Labute approximate surface area is 137 Å². The van der Waals surface area contributed by atoms with Crippen LogP contribution in [0.2, 0.25) is 0 Å². The highest BCUT2D eigenvalue weighted by Gasteiger charge is 2.10. The summed E-state index contributed by atoms with van der Waals surface area (Å²) in [6.45, 7) is 4.60. The van der Waals surface area contributed by atoms with E-state index in [-0.39, 0.29) is 6.04 Å². The zero-order chi connectivity index (χ0) is 16.7. The minimum absolute atomic E-state index is 0.0391. The van der Waals surface area contributed by atoms with Gasteiger partial charge in [-0.25, -0.2) is 4.79 Å². The van der Waals surface area contributed by atoms with Crippen LogP contribution in [0.25, 0.3) is 0 Å². The smallest absolute Gasteiger partial charge is 0.312 e. The van der Waals surface area contributed by atoms with Gasteiger partial charge in [-0.3, -0.25) is 0 Å². The van der Waals surface area contributed by atoms with Crippen molar-refractivity contribution >= 4 is 6.03 Å². The molecule has 4 nitrogen and oxygen atoms in total. The number of amides is 2. The number of rotatable bonds is 7. The molecule has 1 atom stereocenters. The molecule has 0 aliphatic carbocycles. The van der Waals surface area contributed by atoms with Crippen molar-refractivity contribution in [3.8, 4) is 5.75 Å². The summed E-state index contributed by atoms with van der Waals surface area (Å²) in [5.74, 6) is 0.875. The molecule has 0 spiro atoms. The number of hydrogen-bond acceptors (Lipinski definition) is 2. The van der Waals surface area contributed by atoms with E-state index in [2.05, 4.69) is 11.4 Å². The largest absolute Gasteiger partial charge is 0.489 e. The topological polar surface area (TPSA) is 64.3 Å². The van der Waals surface area contributed by atoms with E-state index in [1.54, 1.807) is 0 Å². The molecule has 3 N–H and O–H groups in total. The number of carbonyl (C=O) groups excluding carboxylic acids is 1. The third-order valence-electron chi connectivity index (χ3n) is 3.81. The standard InChI is InChI=1S/C19H24N2O2/c1-3-17(21-19(20)22)11-16-10-9-14(2)18(12-16)23-13-15-7-5-4-6-8-15/h4-10,12,17H,3,11,13H2,1-2H3,(H3,20,21,22). The predicted molar refractivity (Wildman–Crippen MR) is 92.5 cm³/mol. The van der Waals surface area contributed by atoms with Gasteiger partial charge in [-0.15, -0.1) is 0 Å². The number of ether oxygens (including phenoxy) is 1. The summed E-state index contributed by atoms with van der Waals surface area (Å²) in [6, 6.07) is 15.8. The first-order valence-electron chi connectivity index (χ1n) is 7.90. The lowest BCUT2D eigenvalue weighted by Crippen LogP contribution is -2.39. The van der Waals surface area contributed by atoms with Gasteiger partial charge in [0.15, 0.2) is 0 Å². The third-order valence-corrected chi connectivity index (χ3v) is 3.81. The summed E-state index contributed by atoms with van der Waals surface area (Å²) in [5.41, 5.74) is 8.57. The van der Waals surface area contributed by atoms with Crippen LogP contribution in [0.15, 0.2) is 48.5 Å². The van der Waals surface area contributed by atoms with Crippen molar-refractivity contribution in [1.29, 1.82) is 0 Å². The molecular weight excluding hydrogens is 288 g/mol. The van der Waals surface area contributed by atoms with Crippen LogP contribution in [-0.2, 0) is 13.0 Å². The number of nitrogens with one attached hydrogen (secondary N) is 1. The molecule has 0 radical (unpaired) electrons. The van der Waals surface area contributed by atoms with E-state index < -0.39 is 6.03 Å². The van der Waals surface area contributed by atoms with Crippen molar-refractivity contribution in [2.24, 2.45) is 5.73 Å². The number of urea groups is 1. The third kappa shape index (κ3) is 5.33. The lowest BCUT2D eigenvalue weighted by molar-refractivity contribution is 0.244. The van der Waals surface area contributed by atoms with Gasteiger partial charge < -0.3 is 15.8 Å². The highest BCUT2D eigenvalue weighted by atomic mass is 16.5. The van der Waals surface area contributed by atoms with Crippen LogP contribution < -0.4 is 15.8 Å². The Hall–Kier alpha value is -2.49. The van der Waals surface area contributed by atoms with Gasteiger partial charge in [0.25, 0.3) is 0 Å². The fraction of sp³-hybridized carbons (Fsp3) is 0.316. The maximum absolute atomic E-state index is 11.0. The molecule has 2 amide bonds. The van der Waals surface area contributed by atoms with Crippen molar-refractivity contribution in [2.75, 3.05) is 0 Å². The van der Waals surface area contributed by atoms with Crippen LogP contribution in [0, 0.1) is 6.92 Å². The predicted octanol–water partition coefficient (Wildman–Crippen LogP) is 3.56. The molecule has 2 aromatic carbocycles. The summed E-state index contributed by atoms with van der Waals surface area (Å²) < 4.78 is 5.95. The van der Waals surface area contributed by atoms with Gasteiger partial charge >= 0.3 is 6.03 Å². The zero-order valence-electron chi connectivity index (χ0n) is 13.7. The lowest BCUT2D eigenvalue weighted by Gasteiger charge is -2.17. The number of aryl methyl sites for hydroxylation is 1. The van der Waals surface area contributed by atoms with Gasteiger partial charge in [-0.1, -0.05) is 49.4 Å². The van der Waals surface area contributed by atoms with Crippen molar-refractivity contribution in [3.63, 3.8) is 0 Å². The van der Waals surface area contributed by atoms with Gasteiger partial charge in [-0.2, -0.15) is 0 Å². The number of carbonyl (C=O) groups is 1. The first-order chi connectivity index (χ1) is 11.1. The Morgan fingerprint density at radius 3 is 2.57 bits per heavy atom. The summed E-state index contributed by atoms with van der Waals surface area (Å²) in [4.78, 5) is 11.0. The van der Waals surface area contributed by atoms with E-state index in [4.69, 9.17) is 10.5 Å². The van der Waals surface area contributed by atoms with Crippen LogP contribution in [-0.4, -0.2) is 12.1 Å². The van der Waals surface area contributed by atoms with Crippen molar-refractivity contribution in [2.45, 2.75) is 39.3 Å². The van der Waals surface area contributed by atoms with Gasteiger partial charge in [0, 0.05) is 6.04 Å². The van der Waals surface area contributed by atoms with E-state index in [0.717, 1.165) is 35.3 Å². The molecule has 0 aromatic heterocycles. The number of hydrogen-bond donors (Lipinski definition) is 2. The average Bonchev–Trinajstić information content (AvgIpc) is 2.55. The van der Waals surface area contributed by atoms with Crippen molar-refractivity contribution < 1.29 is 9.53 Å². The Bertz CT molecular complexity index is 641. The number of primary amides is 1. The molecule has 2 rings (SSSR count). The maximum Gasteiger partial charge on any atom is 0.312 e. The van der Waals surface area contributed by atoms with Gasteiger partial charge in [-0.05, 0) is 42.5 Å². The number of benzene rings is 2. The molecule has 0 aliphatic rings. The first-order valence-corrected chi connectivity index (χ1v) is 7.90. The average molecular weight is 312 g/mol. The highest BCUT2D eigenvalue weighted by Crippen LogP contribution is 2.22. The Morgan fingerprint density at radius 2 is 1.91 bits per heavy atom. The molecule has 1 unspecified atom stereocenters. The molecule has 0 bridgehead atoms. The normalized spacial score (nSPS) is 11.7. The van der Waals surface area contributed by atoms with Crippen LogP contribution in [0.1, 0.15) is 30.0 Å². The van der Waals surface area contributed by atoms with E-state index in [0.29, 0.717) is 6.61 Å². The monoisotopic (exact) mass is 312 g/mol. The molecule has 2 aromatic rings. The summed E-state index contributed by atoms with van der Waals surface area (Å²) in [7, 11) is 0. The quantitative estimate of drug-likeness (QED) is 0.821.